The molecule has 0 aliphatic heterocycles. The fourth-order valence-electron chi connectivity index (χ4n) is 2.49. The van der Waals surface area contributed by atoms with Gasteiger partial charge in [0.2, 0.25) is 0 Å². The van der Waals surface area contributed by atoms with Crippen molar-refractivity contribution in [1.82, 2.24) is 0 Å². The van der Waals surface area contributed by atoms with Gasteiger partial charge in [0.05, 0.1) is 10.6 Å². The third kappa shape index (κ3) is 6.24. The Hall–Kier alpha value is -3.01. The molecule has 0 aromatic heterocycles. The predicted molar refractivity (Wildman–Crippen MR) is 104 cm³/mol. The molecule has 156 valence electrons. The number of rotatable bonds is 7. The number of nitro groups is 1. The molecule has 0 aliphatic rings. The van der Waals surface area contributed by atoms with Crippen LogP contribution in [0, 0.1) is 15.9 Å². The lowest BCUT2D eigenvalue weighted by Crippen LogP contribution is -2.24. The van der Waals surface area contributed by atoms with Crippen molar-refractivity contribution in [3.8, 4) is 0 Å². The fourth-order valence-corrected chi connectivity index (χ4v) is 3.71. The van der Waals surface area contributed by atoms with Gasteiger partial charge in [-0.1, -0.05) is 18.2 Å². The van der Waals surface area contributed by atoms with Gasteiger partial charge in [-0.05, 0) is 51.0 Å². The monoisotopic (exact) mass is 424 g/mol. The Morgan fingerprint density at radius 1 is 1.21 bits per heavy atom. The van der Waals surface area contributed by atoms with Crippen LogP contribution in [0.1, 0.15) is 32.8 Å². The van der Waals surface area contributed by atoms with E-state index in [0.29, 0.717) is 0 Å². The summed E-state index contributed by atoms with van der Waals surface area (Å²) in [6.45, 7) is 5.18. The first-order valence-corrected chi connectivity index (χ1v) is 10.1. The SMILES string of the molecule is CC(C)(C)OC(=O)CCc1ccc(NS(=O)(=O)c2ccccc2[N+](=O)[O-])cc1F. The Bertz CT molecular complexity index is 1030. The van der Waals surface area contributed by atoms with Crippen LogP contribution < -0.4 is 4.72 Å². The number of ether oxygens (including phenoxy) is 1. The summed E-state index contributed by atoms with van der Waals surface area (Å²) in [6, 6.07) is 8.46. The number of anilines is 1. The normalized spacial score (nSPS) is 11.7. The summed E-state index contributed by atoms with van der Waals surface area (Å²) in [5.74, 6) is -1.19. The number of hydrogen-bond donors (Lipinski definition) is 1. The summed E-state index contributed by atoms with van der Waals surface area (Å²) in [6.07, 6.45) is 0.0490. The zero-order valence-electron chi connectivity index (χ0n) is 16.1. The van der Waals surface area contributed by atoms with E-state index in [2.05, 4.69) is 4.72 Å². The second kappa shape index (κ2) is 8.56. The molecule has 0 bridgehead atoms. The molecule has 2 aromatic rings. The maximum atomic E-state index is 14.3. The maximum absolute atomic E-state index is 14.3. The lowest BCUT2D eigenvalue weighted by molar-refractivity contribution is -0.387. The minimum atomic E-state index is -4.30. The molecule has 8 nitrogen and oxygen atoms in total. The highest BCUT2D eigenvalue weighted by Crippen LogP contribution is 2.26. The molecule has 0 radical (unpaired) electrons. The number of sulfonamides is 1. The minimum Gasteiger partial charge on any atom is -0.460 e. The zero-order valence-corrected chi connectivity index (χ0v) is 17.0. The van der Waals surface area contributed by atoms with E-state index in [4.69, 9.17) is 4.74 Å². The molecule has 2 aromatic carbocycles. The first-order chi connectivity index (χ1) is 13.4. The van der Waals surface area contributed by atoms with Crippen molar-refractivity contribution in [2.45, 2.75) is 44.1 Å². The number of aryl methyl sites for hydroxylation is 1. The van der Waals surface area contributed by atoms with Crippen LogP contribution in [0.5, 0.6) is 0 Å². The molecule has 0 atom stereocenters. The van der Waals surface area contributed by atoms with Crippen molar-refractivity contribution in [3.63, 3.8) is 0 Å². The van der Waals surface area contributed by atoms with Crippen molar-refractivity contribution < 1.29 is 27.3 Å². The summed E-state index contributed by atoms with van der Waals surface area (Å²) < 4.78 is 46.6. The van der Waals surface area contributed by atoms with E-state index < -0.39 is 42.9 Å². The number of benzene rings is 2. The van der Waals surface area contributed by atoms with E-state index in [0.717, 1.165) is 18.2 Å². The van der Waals surface area contributed by atoms with Crippen LogP contribution in [0.4, 0.5) is 15.8 Å². The highest BCUT2D eigenvalue weighted by Gasteiger charge is 2.25. The molecule has 0 heterocycles. The second-order valence-electron chi connectivity index (χ2n) is 7.22. The lowest BCUT2D eigenvalue weighted by Gasteiger charge is -2.19. The van der Waals surface area contributed by atoms with Gasteiger partial charge >= 0.3 is 5.97 Å². The number of para-hydroxylation sites is 1. The molecule has 0 amide bonds. The molecule has 0 saturated heterocycles. The Morgan fingerprint density at radius 3 is 2.45 bits per heavy atom. The molecule has 0 fully saturated rings. The smallest absolute Gasteiger partial charge is 0.306 e. The van der Waals surface area contributed by atoms with E-state index in [-0.39, 0.29) is 24.1 Å². The Morgan fingerprint density at radius 2 is 1.86 bits per heavy atom. The maximum Gasteiger partial charge on any atom is 0.306 e. The molecular weight excluding hydrogens is 403 g/mol. The van der Waals surface area contributed by atoms with Crippen LogP contribution in [-0.4, -0.2) is 24.9 Å². The topological polar surface area (TPSA) is 116 Å². The molecule has 0 saturated carbocycles. The minimum absolute atomic E-state index is 0.0323. The second-order valence-corrected chi connectivity index (χ2v) is 8.87. The summed E-state index contributed by atoms with van der Waals surface area (Å²) >= 11 is 0. The third-order valence-corrected chi connectivity index (χ3v) is 5.10. The number of esters is 1. The van der Waals surface area contributed by atoms with E-state index >= 15 is 0 Å². The van der Waals surface area contributed by atoms with Gasteiger partial charge in [-0.2, -0.15) is 0 Å². The number of nitro benzene ring substituents is 1. The number of carbonyl (C=O) groups is 1. The van der Waals surface area contributed by atoms with Gasteiger partial charge in [0.25, 0.3) is 15.7 Å². The van der Waals surface area contributed by atoms with Crippen molar-refractivity contribution in [2.75, 3.05) is 4.72 Å². The van der Waals surface area contributed by atoms with Crippen LogP contribution in [-0.2, 0) is 26.0 Å². The van der Waals surface area contributed by atoms with Crippen molar-refractivity contribution in [2.24, 2.45) is 0 Å². The number of hydrogen-bond acceptors (Lipinski definition) is 6. The van der Waals surface area contributed by atoms with Gasteiger partial charge in [-0.25, -0.2) is 12.8 Å². The first-order valence-electron chi connectivity index (χ1n) is 8.65. The first kappa shape index (κ1) is 22.3. The van der Waals surface area contributed by atoms with Crippen molar-refractivity contribution in [3.05, 3.63) is 64.0 Å². The average molecular weight is 424 g/mol. The molecule has 1 N–H and O–H groups in total. The summed E-state index contributed by atoms with van der Waals surface area (Å²) in [5.41, 5.74) is -1.11. The lowest BCUT2D eigenvalue weighted by atomic mass is 10.1. The van der Waals surface area contributed by atoms with Crippen LogP contribution in [0.25, 0.3) is 0 Å². The van der Waals surface area contributed by atoms with E-state index in [1.807, 2.05) is 0 Å². The van der Waals surface area contributed by atoms with Crippen LogP contribution in [0.2, 0.25) is 0 Å². The number of carbonyl (C=O) groups excluding carboxylic acids is 1. The molecule has 0 aliphatic carbocycles. The van der Waals surface area contributed by atoms with E-state index in [1.165, 1.54) is 24.3 Å². The molecule has 2 rings (SSSR count). The standard InChI is InChI=1S/C19H21FN2O6S/c1-19(2,3)28-18(23)11-9-13-8-10-14(12-15(13)20)21-29(26,27)17-7-5-4-6-16(17)22(24)25/h4-8,10,12,21H,9,11H2,1-3H3. The Kier molecular flexibility index (Phi) is 6.58. The Balaban J connectivity index is 2.15. The summed E-state index contributed by atoms with van der Waals surface area (Å²) in [5, 5.41) is 11.0. The molecule has 10 heteroatoms. The number of nitrogens with zero attached hydrogens (tertiary/aromatic N) is 1. The molecule has 29 heavy (non-hydrogen) atoms. The van der Waals surface area contributed by atoms with Crippen molar-refractivity contribution >= 4 is 27.4 Å². The molecular formula is C19H21FN2O6S. The third-order valence-electron chi connectivity index (χ3n) is 3.68. The van der Waals surface area contributed by atoms with Crippen molar-refractivity contribution in [1.29, 1.82) is 0 Å². The number of nitrogens with one attached hydrogen (secondary N) is 1. The van der Waals surface area contributed by atoms with Crippen LogP contribution in [0.3, 0.4) is 0 Å². The van der Waals surface area contributed by atoms with Gasteiger partial charge in [-0.3, -0.25) is 19.6 Å². The zero-order chi connectivity index (χ0) is 21.8. The van der Waals surface area contributed by atoms with E-state index in [1.54, 1.807) is 20.8 Å². The van der Waals surface area contributed by atoms with E-state index in [9.17, 15) is 27.7 Å². The largest absolute Gasteiger partial charge is 0.460 e. The number of halogens is 1. The van der Waals surface area contributed by atoms with Gasteiger partial charge in [0.1, 0.15) is 11.4 Å². The van der Waals surface area contributed by atoms with Crippen LogP contribution >= 0.6 is 0 Å². The highest BCUT2D eigenvalue weighted by molar-refractivity contribution is 7.92. The van der Waals surface area contributed by atoms with Crippen LogP contribution in [0.15, 0.2) is 47.4 Å². The van der Waals surface area contributed by atoms with Gasteiger partial charge in [0, 0.05) is 12.5 Å². The molecule has 0 spiro atoms. The predicted octanol–water partition coefficient (Wildman–Crippen LogP) is 3.81. The van der Waals surface area contributed by atoms with Gasteiger partial charge in [-0.15, -0.1) is 0 Å². The van der Waals surface area contributed by atoms with Gasteiger partial charge < -0.3 is 4.74 Å². The Labute approximate surface area is 167 Å². The highest BCUT2D eigenvalue weighted by atomic mass is 32.2. The summed E-state index contributed by atoms with van der Waals surface area (Å²) in [7, 11) is -4.30. The fraction of sp³-hybridized carbons (Fsp3) is 0.316. The average Bonchev–Trinajstić information content (AvgIpc) is 2.59. The quantitative estimate of drug-likeness (QED) is 0.410. The molecule has 0 unspecified atom stereocenters. The summed E-state index contributed by atoms with van der Waals surface area (Å²) in [4.78, 5) is 21.5. The van der Waals surface area contributed by atoms with Gasteiger partial charge in [0.15, 0.2) is 4.90 Å².